The molecule has 0 heterocycles. The molecule has 2 aliphatic rings. The van der Waals surface area contributed by atoms with Crippen molar-refractivity contribution in [3.8, 4) is 0 Å². The molecule has 0 amide bonds. The number of hydrogen-bond acceptors (Lipinski definition) is 1. The van der Waals surface area contributed by atoms with Gasteiger partial charge in [-0.05, 0) is 45.2 Å². The molecule has 0 saturated carbocycles. The summed E-state index contributed by atoms with van der Waals surface area (Å²) in [5.41, 5.74) is 7.08. The Bertz CT molecular complexity index is 1310. The number of guanidine groups is 1. The number of hydrogen-bond donors (Lipinski definition) is 1. The van der Waals surface area contributed by atoms with Gasteiger partial charge in [-0.3, -0.25) is 5.41 Å². The van der Waals surface area contributed by atoms with E-state index in [1.807, 2.05) is 23.9 Å². The fourth-order valence-corrected chi connectivity index (χ4v) is 4.85. The van der Waals surface area contributed by atoms with E-state index < -0.39 is 0 Å². The van der Waals surface area contributed by atoms with Crippen LogP contribution in [-0.2, 0) is 0 Å². The van der Waals surface area contributed by atoms with Crippen LogP contribution in [-0.4, -0.2) is 20.1 Å². The fraction of sp³-hybridized carbons (Fsp3) is 0.0741. The van der Waals surface area contributed by atoms with Crippen LogP contribution in [0.2, 0.25) is 0 Å². The maximum Gasteiger partial charge on any atom is 0.202 e. The Balaban J connectivity index is 1.43. The molecule has 1 N–H and O–H groups in total. The average molecular weight is 387 g/mol. The summed E-state index contributed by atoms with van der Waals surface area (Å²) < 4.78 is 0. The lowest BCUT2D eigenvalue weighted by Crippen LogP contribution is -2.39. The molecule has 4 aromatic rings. The van der Waals surface area contributed by atoms with E-state index in [2.05, 4.69) is 85.0 Å². The summed E-state index contributed by atoms with van der Waals surface area (Å²) in [6.45, 7) is 0. The maximum atomic E-state index is 8.99. The van der Waals surface area contributed by atoms with Crippen LogP contribution in [0.4, 0.5) is 11.4 Å². The predicted molar refractivity (Wildman–Crippen MR) is 130 cm³/mol. The molecule has 4 aromatic carbocycles. The minimum absolute atomic E-state index is 0.438. The summed E-state index contributed by atoms with van der Waals surface area (Å²) in [4.78, 5) is 3.95. The van der Waals surface area contributed by atoms with Crippen molar-refractivity contribution < 1.29 is 0 Å². The smallest absolute Gasteiger partial charge is 0.202 e. The average Bonchev–Trinajstić information content (AvgIpc) is 3.40. The molecule has 0 saturated heterocycles. The zero-order chi connectivity index (χ0) is 20.4. The predicted octanol–water partition coefficient (Wildman–Crippen LogP) is 6.47. The molecular formula is C27H21N3. The summed E-state index contributed by atoms with van der Waals surface area (Å²) in [5.74, 6) is 0.438. The second-order valence-corrected chi connectivity index (χ2v) is 8.00. The van der Waals surface area contributed by atoms with Crippen LogP contribution in [0.3, 0.4) is 0 Å². The Morgan fingerprint density at radius 2 is 0.967 bits per heavy atom. The summed E-state index contributed by atoms with van der Waals surface area (Å²) in [6.07, 6.45) is 8.67. The Labute approximate surface area is 175 Å². The van der Waals surface area contributed by atoms with Gasteiger partial charge in [0.1, 0.15) is 0 Å². The van der Waals surface area contributed by atoms with Crippen molar-refractivity contribution in [2.75, 3.05) is 23.9 Å². The molecule has 0 unspecified atom stereocenters. The van der Waals surface area contributed by atoms with E-state index in [-0.39, 0.29) is 0 Å². The molecule has 0 radical (unpaired) electrons. The van der Waals surface area contributed by atoms with Gasteiger partial charge in [0.15, 0.2) is 0 Å². The number of anilines is 2. The van der Waals surface area contributed by atoms with Gasteiger partial charge in [0.05, 0.1) is 11.4 Å². The lowest BCUT2D eigenvalue weighted by molar-refractivity contribution is 1.13. The SMILES string of the molecule is CN(C(=N)N(C)c1ccc2c3c(cccc13)C=C2)c1ccc2c3c(cccc13)C=C2. The second-order valence-electron chi connectivity index (χ2n) is 8.00. The van der Waals surface area contributed by atoms with Gasteiger partial charge < -0.3 is 9.80 Å². The number of nitrogens with zero attached hydrogens (tertiary/aromatic N) is 2. The van der Waals surface area contributed by atoms with Gasteiger partial charge in [0.25, 0.3) is 0 Å². The Kier molecular flexibility index (Phi) is 3.45. The van der Waals surface area contributed by atoms with Crippen LogP contribution in [0.5, 0.6) is 0 Å². The third kappa shape index (κ3) is 2.23. The molecule has 0 bridgehead atoms. The third-order valence-corrected chi connectivity index (χ3v) is 6.41. The molecule has 0 aliphatic heterocycles. The minimum atomic E-state index is 0.438. The first kappa shape index (κ1) is 17.0. The minimum Gasteiger partial charge on any atom is -0.315 e. The Hall–Kier alpha value is -3.85. The molecule has 144 valence electrons. The standard InChI is InChI=1S/C27H21N3/c1-29(23-15-13-19-11-9-17-5-3-7-21(23)25(17)19)27(28)30(2)24-16-14-20-12-10-18-6-4-8-22(24)26(18)20/h3-16,28H,1-2H3. The fourth-order valence-electron chi connectivity index (χ4n) is 4.85. The highest BCUT2D eigenvalue weighted by Gasteiger charge is 2.21. The van der Waals surface area contributed by atoms with Crippen molar-refractivity contribution in [3.63, 3.8) is 0 Å². The lowest BCUT2D eigenvalue weighted by atomic mass is 10.0. The van der Waals surface area contributed by atoms with Crippen molar-refractivity contribution in [1.29, 1.82) is 5.41 Å². The zero-order valence-corrected chi connectivity index (χ0v) is 17.0. The zero-order valence-electron chi connectivity index (χ0n) is 17.0. The highest BCUT2D eigenvalue weighted by atomic mass is 15.3. The molecule has 0 atom stereocenters. The molecular weight excluding hydrogens is 366 g/mol. The first-order valence-corrected chi connectivity index (χ1v) is 10.2. The van der Waals surface area contributed by atoms with Gasteiger partial charge in [0, 0.05) is 24.9 Å². The number of benzene rings is 4. The molecule has 3 nitrogen and oxygen atoms in total. The van der Waals surface area contributed by atoms with E-state index in [9.17, 15) is 0 Å². The van der Waals surface area contributed by atoms with Crippen molar-refractivity contribution in [1.82, 2.24) is 0 Å². The van der Waals surface area contributed by atoms with E-state index in [1.54, 1.807) is 0 Å². The van der Waals surface area contributed by atoms with Gasteiger partial charge in [-0.25, -0.2) is 0 Å². The summed E-state index contributed by atoms with van der Waals surface area (Å²) in [6, 6.07) is 21.3. The van der Waals surface area contributed by atoms with Crippen LogP contribution >= 0.6 is 0 Å². The second kappa shape index (κ2) is 6.07. The third-order valence-electron chi connectivity index (χ3n) is 6.41. The summed E-state index contributed by atoms with van der Waals surface area (Å²) in [7, 11) is 3.96. The molecule has 6 rings (SSSR count). The van der Waals surface area contributed by atoms with Gasteiger partial charge in [-0.2, -0.15) is 0 Å². The highest BCUT2D eigenvalue weighted by molar-refractivity contribution is 6.17. The molecule has 0 spiro atoms. The van der Waals surface area contributed by atoms with Gasteiger partial charge in [-0.15, -0.1) is 0 Å². The van der Waals surface area contributed by atoms with E-state index in [0.29, 0.717) is 5.96 Å². The molecule has 0 aromatic heterocycles. The van der Waals surface area contributed by atoms with E-state index in [0.717, 1.165) is 11.4 Å². The number of nitrogens with one attached hydrogen (secondary N) is 1. The Morgan fingerprint density at radius 3 is 1.40 bits per heavy atom. The Morgan fingerprint density at radius 1 is 0.567 bits per heavy atom. The first-order chi connectivity index (χ1) is 14.6. The molecule has 30 heavy (non-hydrogen) atoms. The van der Waals surface area contributed by atoms with E-state index in [1.165, 1.54) is 43.8 Å². The van der Waals surface area contributed by atoms with Crippen molar-refractivity contribution in [2.24, 2.45) is 0 Å². The highest BCUT2D eigenvalue weighted by Crippen LogP contribution is 2.39. The molecule has 0 fully saturated rings. The summed E-state index contributed by atoms with van der Waals surface area (Å²) in [5, 5.41) is 13.9. The van der Waals surface area contributed by atoms with Gasteiger partial charge in [-0.1, -0.05) is 72.8 Å². The van der Waals surface area contributed by atoms with Crippen molar-refractivity contribution in [2.45, 2.75) is 0 Å². The van der Waals surface area contributed by atoms with Gasteiger partial charge in [0.2, 0.25) is 5.96 Å². The number of rotatable bonds is 2. The molecule has 3 heteroatoms. The first-order valence-electron chi connectivity index (χ1n) is 10.2. The van der Waals surface area contributed by atoms with E-state index >= 15 is 0 Å². The van der Waals surface area contributed by atoms with Crippen molar-refractivity contribution in [3.05, 3.63) is 82.9 Å². The van der Waals surface area contributed by atoms with Crippen LogP contribution in [0.1, 0.15) is 22.3 Å². The quantitative estimate of drug-likeness (QED) is 0.273. The van der Waals surface area contributed by atoms with Crippen LogP contribution in [0.25, 0.3) is 45.8 Å². The lowest BCUT2D eigenvalue weighted by Gasteiger charge is -2.30. The van der Waals surface area contributed by atoms with E-state index in [4.69, 9.17) is 5.41 Å². The molecule has 2 aliphatic carbocycles. The largest absolute Gasteiger partial charge is 0.315 e. The van der Waals surface area contributed by atoms with Crippen LogP contribution < -0.4 is 9.80 Å². The maximum absolute atomic E-state index is 8.99. The summed E-state index contributed by atoms with van der Waals surface area (Å²) >= 11 is 0. The van der Waals surface area contributed by atoms with Gasteiger partial charge >= 0.3 is 0 Å². The van der Waals surface area contributed by atoms with Crippen LogP contribution in [0, 0.1) is 5.41 Å². The monoisotopic (exact) mass is 387 g/mol. The normalized spacial score (nSPS) is 12.9. The van der Waals surface area contributed by atoms with Crippen molar-refractivity contribution >= 4 is 63.2 Å². The van der Waals surface area contributed by atoms with Crippen LogP contribution in [0.15, 0.2) is 60.7 Å². The topological polar surface area (TPSA) is 30.3 Å².